The Hall–Kier alpha value is -1.41. The maximum atomic E-state index is 4.62. The summed E-state index contributed by atoms with van der Waals surface area (Å²) < 4.78 is 0. The van der Waals surface area contributed by atoms with Crippen LogP contribution in [0.2, 0.25) is 0 Å². The Morgan fingerprint density at radius 3 is 2.53 bits per heavy atom. The van der Waals surface area contributed by atoms with Crippen LogP contribution in [0.25, 0.3) is 10.9 Å². The highest BCUT2D eigenvalue weighted by molar-refractivity contribution is 5.80. The van der Waals surface area contributed by atoms with Crippen LogP contribution in [0.1, 0.15) is 16.8 Å². The highest BCUT2D eigenvalue weighted by Gasteiger charge is 2.12. The molecule has 0 N–H and O–H groups in total. The summed E-state index contributed by atoms with van der Waals surface area (Å²) in [6, 6.07) is 8.90. The Balaban J connectivity index is 2.13. The molecule has 0 saturated carbocycles. The molecule has 2 heteroatoms. The van der Waals surface area contributed by atoms with Crippen LogP contribution in [0, 0.1) is 6.92 Å². The number of aromatic nitrogens is 1. The third-order valence-corrected chi connectivity index (χ3v) is 3.68. The first-order valence-corrected chi connectivity index (χ1v) is 6.30. The zero-order valence-corrected chi connectivity index (χ0v) is 10.5. The van der Waals surface area contributed by atoms with E-state index in [1.165, 1.54) is 16.5 Å². The molecule has 0 amide bonds. The minimum Gasteiger partial charge on any atom is -0.306 e. The molecule has 2 aromatic rings. The van der Waals surface area contributed by atoms with Gasteiger partial charge in [0.05, 0.1) is 5.52 Å². The minimum absolute atomic E-state index is 1.10. The second-order valence-corrected chi connectivity index (χ2v) is 5.07. The number of nitrogens with zero attached hydrogens (tertiary/aromatic N) is 2. The lowest BCUT2D eigenvalue weighted by Gasteiger charge is -2.10. The van der Waals surface area contributed by atoms with Crippen molar-refractivity contribution in [3.05, 3.63) is 41.1 Å². The average Bonchev–Trinajstić information content (AvgIpc) is 2.49. The van der Waals surface area contributed by atoms with Crippen LogP contribution in [0.4, 0.5) is 0 Å². The average molecular weight is 226 g/mol. The van der Waals surface area contributed by atoms with Crippen molar-refractivity contribution in [3.8, 4) is 0 Å². The van der Waals surface area contributed by atoms with E-state index < -0.39 is 0 Å². The maximum Gasteiger partial charge on any atom is 0.0708 e. The van der Waals surface area contributed by atoms with Crippen LogP contribution in [-0.4, -0.2) is 30.0 Å². The lowest BCUT2D eigenvalue weighted by Crippen LogP contribution is -2.20. The smallest absolute Gasteiger partial charge is 0.0708 e. The quantitative estimate of drug-likeness (QED) is 0.686. The third-order valence-electron chi connectivity index (χ3n) is 3.68. The predicted molar refractivity (Wildman–Crippen MR) is 71.4 cm³/mol. The first-order chi connectivity index (χ1) is 8.22. The zero-order chi connectivity index (χ0) is 11.8. The highest BCUT2D eigenvalue weighted by atomic mass is 15.1. The molecule has 1 aromatic carbocycles. The molecule has 0 saturated heterocycles. The molecule has 2 nitrogen and oxygen atoms in total. The lowest BCUT2D eigenvalue weighted by molar-refractivity contribution is 0.352. The molecule has 2 heterocycles. The summed E-state index contributed by atoms with van der Waals surface area (Å²) in [6.45, 7) is 4.38. The molecule has 1 aromatic heterocycles. The Kier molecular flexibility index (Phi) is 2.60. The van der Waals surface area contributed by atoms with Crippen LogP contribution in [0.15, 0.2) is 24.3 Å². The summed E-state index contributed by atoms with van der Waals surface area (Å²) in [5.74, 6) is 0. The van der Waals surface area contributed by atoms with Crippen molar-refractivity contribution < 1.29 is 0 Å². The lowest BCUT2D eigenvalue weighted by atomic mass is 10.00. The molecule has 0 atom stereocenters. The Labute approximate surface area is 102 Å². The summed E-state index contributed by atoms with van der Waals surface area (Å²) >= 11 is 0. The second kappa shape index (κ2) is 4.11. The van der Waals surface area contributed by atoms with E-state index in [1.807, 2.05) is 0 Å². The molecule has 0 fully saturated rings. The topological polar surface area (TPSA) is 16.1 Å². The number of pyridine rings is 1. The van der Waals surface area contributed by atoms with E-state index in [9.17, 15) is 0 Å². The van der Waals surface area contributed by atoms with Crippen molar-refractivity contribution in [2.24, 2.45) is 0 Å². The molecular formula is C15H18N2. The van der Waals surface area contributed by atoms with Crippen molar-refractivity contribution in [1.29, 1.82) is 0 Å². The molecule has 0 unspecified atom stereocenters. The highest BCUT2D eigenvalue weighted by Crippen LogP contribution is 2.22. The van der Waals surface area contributed by atoms with E-state index >= 15 is 0 Å². The van der Waals surface area contributed by atoms with Crippen LogP contribution in [0.5, 0.6) is 0 Å². The fraction of sp³-hybridized carbons (Fsp3) is 0.400. The predicted octanol–water partition coefficient (Wildman–Crippen LogP) is 2.57. The third kappa shape index (κ3) is 2.05. The van der Waals surface area contributed by atoms with Crippen molar-refractivity contribution in [1.82, 2.24) is 9.88 Å². The largest absolute Gasteiger partial charge is 0.306 e. The van der Waals surface area contributed by atoms with Crippen molar-refractivity contribution in [2.45, 2.75) is 19.8 Å². The van der Waals surface area contributed by atoms with Crippen LogP contribution in [0.3, 0.4) is 0 Å². The van der Waals surface area contributed by atoms with Gasteiger partial charge in [0.1, 0.15) is 0 Å². The molecule has 0 radical (unpaired) electrons. The van der Waals surface area contributed by atoms with E-state index in [0.29, 0.717) is 0 Å². The summed E-state index contributed by atoms with van der Waals surface area (Å²) in [7, 11) is 2.20. The standard InChI is InChI=1S/C15H18N2/c1-11-3-4-14-9-12-5-7-17(2)8-6-13(12)10-15(14)16-11/h3-4,9-10H,5-8H2,1-2H3. The number of likely N-dealkylation sites (N-methyl/N-ethyl adjacent to an activating group) is 1. The second-order valence-electron chi connectivity index (χ2n) is 5.07. The van der Waals surface area contributed by atoms with Crippen LogP contribution in [-0.2, 0) is 12.8 Å². The SMILES string of the molecule is Cc1ccc2cc3c(cc2n1)CCN(C)CC3. The Morgan fingerprint density at radius 2 is 1.76 bits per heavy atom. The van der Waals surface area contributed by atoms with Gasteiger partial charge in [-0.05, 0) is 56.1 Å². The normalized spacial score (nSPS) is 16.8. The zero-order valence-electron chi connectivity index (χ0n) is 10.5. The molecule has 1 aliphatic rings. The van der Waals surface area contributed by atoms with E-state index in [0.717, 1.165) is 37.1 Å². The molecule has 88 valence electrons. The Bertz CT molecular complexity index is 560. The first kappa shape index (κ1) is 10.7. The summed E-state index contributed by atoms with van der Waals surface area (Å²) in [5, 5.41) is 1.28. The number of hydrogen-bond acceptors (Lipinski definition) is 2. The van der Waals surface area contributed by atoms with Gasteiger partial charge in [0.15, 0.2) is 0 Å². The minimum atomic E-state index is 1.10. The number of fused-ring (bicyclic) bond motifs is 2. The summed E-state index contributed by atoms with van der Waals surface area (Å²) in [5.41, 5.74) is 5.24. The van der Waals surface area contributed by atoms with Gasteiger partial charge in [0.2, 0.25) is 0 Å². The fourth-order valence-corrected chi connectivity index (χ4v) is 2.56. The van der Waals surface area contributed by atoms with Gasteiger partial charge in [-0.3, -0.25) is 4.98 Å². The number of aryl methyl sites for hydroxylation is 1. The molecule has 17 heavy (non-hydrogen) atoms. The van der Waals surface area contributed by atoms with E-state index in [4.69, 9.17) is 0 Å². The van der Waals surface area contributed by atoms with Gasteiger partial charge in [-0.15, -0.1) is 0 Å². The molecule has 3 rings (SSSR count). The van der Waals surface area contributed by atoms with Crippen molar-refractivity contribution in [3.63, 3.8) is 0 Å². The van der Waals surface area contributed by atoms with Gasteiger partial charge in [-0.2, -0.15) is 0 Å². The molecule has 0 spiro atoms. The number of benzene rings is 1. The monoisotopic (exact) mass is 226 g/mol. The maximum absolute atomic E-state index is 4.62. The van der Waals surface area contributed by atoms with Gasteiger partial charge in [-0.25, -0.2) is 0 Å². The summed E-state index contributed by atoms with van der Waals surface area (Å²) in [4.78, 5) is 7.03. The van der Waals surface area contributed by atoms with Crippen molar-refractivity contribution in [2.75, 3.05) is 20.1 Å². The summed E-state index contributed by atoms with van der Waals surface area (Å²) in [6.07, 6.45) is 2.31. The van der Waals surface area contributed by atoms with Crippen LogP contribution < -0.4 is 0 Å². The van der Waals surface area contributed by atoms with Gasteiger partial charge in [0, 0.05) is 24.2 Å². The van der Waals surface area contributed by atoms with E-state index in [1.54, 1.807) is 0 Å². The fourth-order valence-electron chi connectivity index (χ4n) is 2.56. The molecular weight excluding hydrogens is 208 g/mol. The van der Waals surface area contributed by atoms with E-state index in [-0.39, 0.29) is 0 Å². The van der Waals surface area contributed by atoms with Crippen molar-refractivity contribution >= 4 is 10.9 Å². The Morgan fingerprint density at radius 1 is 1.06 bits per heavy atom. The molecule has 0 bridgehead atoms. The molecule has 1 aliphatic heterocycles. The van der Waals surface area contributed by atoms with Gasteiger partial charge in [0.25, 0.3) is 0 Å². The number of rotatable bonds is 0. The number of hydrogen-bond donors (Lipinski definition) is 0. The van der Waals surface area contributed by atoms with E-state index in [2.05, 4.69) is 48.1 Å². The first-order valence-electron chi connectivity index (χ1n) is 6.30. The van der Waals surface area contributed by atoms with Crippen LogP contribution >= 0.6 is 0 Å². The van der Waals surface area contributed by atoms with Gasteiger partial charge < -0.3 is 4.90 Å². The van der Waals surface area contributed by atoms with Gasteiger partial charge in [-0.1, -0.05) is 6.07 Å². The van der Waals surface area contributed by atoms with Gasteiger partial charge >= 0.3 is 0 Å². The molecule has 0 aliphatic carbocycles.